The summed E-state index contributed by atoms with van der Waals surface area (Å²) < 4.78 is 0. The molecule has 0 aliphatic carbocycles. The van der Waals surface area contributed by atoms with Crippen LogP contribution in [-0.2, 0) is 21.7 Å². The average molecular weight is 513 g/mol. The number of hydrazine groups is 1. The first-order valence-electron chi connectivity index (χ1n) is 12.2. The molecule has 36 heavy (non-hydrogen) atoms. The topological polar surface area (TPSA) is 124 Å². The van der Waals surface area contributed by atoms with Crippen molar-refractivity contribution in [3.63, 3.8) is 0 Å². The first-order chi connectivity index (χ1) is 17.2. The summed E-state index contributed by atoms with van der Waals surface area (Å²) in [7, 11) is 1.50. The minimum atomic E-state index is -1.18. The standard InChI is InChI=1S/C25H32N6O4S/c1-5-25(18-10-7-6-9-17(18)14-30-11-8-12-31(30)24(25)35)29-20(32)15(2)13-27-21(33)19-16(3)28-23(36-19)22(34)26-4/h6-7,9-10,15H,5,8,11-14H2,1-4H3,(H,26,34)(H,27,33)(H,29,32)/t15-,25-/m1/s1. The second-order valence-corrected chi connectivity index (χ2v) is 10.2. The van der Waals surface area contributed by atoms with Crippen molar-refractivity contribution in [1.29, 1.82) is 0 Å². The van der Waals surface area contributed by atoms with Crippen molar-refractivity contribution in [3.8, 4) is 0 Å². The predicted octanol–water partition coefficient (Wildman–Crippen LogP) is 1.56. The number of aryl methyl sites for hydroxylation is 1. The highest BCUT2D eigenvalue weighted by Gasteiger charge is 2.49. The Kier molecular flexibility index (Phi) is 7.41. The highest BCUT2D eigenvalue weighted by Crippen LogP contribution is 2.36. The van der Waals surface area contributed by atoms with E-state index in [1.165, 1.54) is 7.05 Å². The lowest BCUT2D eigenvalue weighted by Gasteiger charge is -2.37. The molecule has 0 bridgehead atoms. The van der Waals surface area contributed by atoms with Crippen LogP contribution in [-0.4, -0.2) is 65.3 Å². The molecule has 192 valence electrons. The molecular formula is C25H32N6O4S. The summed E-state index contributed by atoms with van der Waals surface area (Å²) in [4.78, 5) is 56.3. The van der Waals surface area contributed by atoms with Crippen molar-refractivity contribution in [2.75, 3.05) is 26.7 Å². The van der Waals surface area contributed by atoms with E-state index in [4.69, 9.17) is 0 Å². The maximum Gasteiger partial charge on any atom is 0.280 e. The summed E-state index contributed by atoms with van der Waals surface area (Å²) in [6, 6.07) is 7.77. The van der Waals surface area contributed by atoms with Crippen LogP contribution < -0.4 is 16.0 Å². The molecule has 1 saturated heterocycles. The van der Waals surface area contributed by atoms with Crippen molar-refractivity contribution in [1.82, 2.24) is 31.0 Å². The van der Waals surface area contributed by atoms with Crippen LogP contribution in [0.15, 0.2) is 24.3 Å². The van der Waals surface area contributed by atoms with Gasteiger partial charge < -0.3 is 16.0 Å². The number of thiazole rings is 1. The highest BCUT2D eigenvalue weighted by molar-refractivity contribution is 7.15. The molecule has 2 aromatic rings. The second-order valence-electron chi connectivity index (χ2n) is 9.20. The third-order valence-corrected chi connectivity index (χ3v) is 8.02. The summed E-state index contributed by atoms with van der Waals surface area (Å²) in [6.07, 6.45) is 1.29. The zero-order valence-electron chi connectivity index (χ0n) is 21.0. The van der Waals surface area contributed by atoms with Gasteiger partial charge in [0.1, 0.15) is 10.4 Å². The highest BCUT2D eigenvalue weighted by atomic mass is 32.1. The van der Waals surface area contributed by atoms with Crippen molar-refractivity contribution >= 4 is 35.0 Å². The molecular weight excluding hydrogens is 480 g/mol. The number of aromatic nitrogens is 1. The van der Waals surface area contributed by atoms with Crippen LogP contribution in [0.4, 0.5) is 0 Å². The quantitative estimate of drug-likeness (QED) is 0.517. The molecule has 0 spiro atoms. The van der Waals surface area contributed by atoms with Crippen LogP contribution in [0.25, 0.3) is 0 Å². The Morgan fingerprint density at radius 3 is 2.67 bits per heavy atom. The maximum atomic E-state index is 13.8. The fraction of sp³-hybridized carbons (Fsp3) is 0.480. The Morgan fingerprint density at radius 1 is 1.19 bits per heavy atom. The number of rotatable bonds is 7. The van der Waals surface area contributed by atoms with Gasteiger partial charge in [0.05, 0.1) is 11.6 Å². The van der Waals surface area contributed by atoms with Crippen molar-refractivity contribution < 1.29 is 19.2 Å². The maximum absolute atomic E-state index is 13.8. The van der Waals surface area contributed by atoms with Gasteiger partial charge in [-0.1, -0.05) is 38.1 Å². The van der Waals surface area contributed by atoms with Crippen LogP contribution in [0.2, 0.25) is 0 Å². The Labute approximate surface area is 214 Å². The summed E-state index contributed by atoms with van der Waals surface area (Å²) >= 11 is 1.00. The number of carbonyl (C=O) groups is 4. The van der Waals surface area contributed by atoms with Crippen molar-refractivity contribution in [3.05, 3.63) is 51.0 Å². The van der Waals surface area contributed by atoms with E-state index in [0.717, 1.165) is 35.4 Å². The van der Waals surface area contributed by atoms with Gasteiger partial charge in [-0.3, -0.25) is 24.2 Å². The lowest BCUT2D eigenvalue weighted by molar-refractivity contribution is -0.154. The molecule has 1 aromatic carbocycles. The molecule has 2 atom stereocenters. The zero-order valence-corrected chi connectivity index (χ0v) is 21.8. The van der Waals surface area contributed by atoms with E-state index in [2.05, 4.69) is 25.9 Å². The number of hydrogen-bond donors (Lipinski definition) is 3. The van der Waals surface area contributed by atoms with Gasteiger partial charge in [0.15, 0.2) is 5.01 Å². The Balaban J connectivity index is 1.50. The van der Waals surface area contributed by atoms with E-state index in [1.807, 2.05) is 31.2 Å². The molecule has 3 heterocycles. The Morgan fingerprint density at radius 2 is 1.94 bits per heavy atom. The van der Waals surface area contributed by atoms with E-state index in [-0.39, 0.29) is 29.3 Å². The molecule has 10 nitrogen and oxygen atoms in total. The van der Waals surface area contributed by atoms with Gasteiger partial charge in [0, 0.05) is 33.2 Å². The number of benzene rings is 1. The van der Waals surface area contributed by atoms with E-state index < -0.39 is 17.4 Å². The first-order valence-corrected chi connectivity index (χ1v) is 13.0. The van der Waals surface area contributed by atoms with Gasteiger partial charge in [0.2, 0.25) is 5.91 Å². The molecule has 4 rings (SSSR count). The molecule has 0 radical (unpaired) electrons. The van der Waals surface area contributed by atoms with Gasteiger partial charge in [-0.15, -0.1) is 11.3 Å². The largest absolute Gasteiger partial charge is 0.353 e. The van der Waals surface area contributed by atoms with Gasteiger partial charge in [0.25, 0.3) is 17.7 Å². The molecule has 0 unspecified atom stereocenters. The lowest BCUT2D eigenvalue weighted by atomic mass is 9.82. The summed E-state index contributed by atoms with van der Waals surface area (Å²) in [6.45, 7) is 7.40. The number of fused-ring (bicyclic) bond motifs is 2. The summed E-state index contributed by atoms with van der Waals surface area (Å²) in [5, 5.41) is 12.4. The lowest BCUT2D eigenvalue weighted by Crippen LogP contribution is -2.59. The molecule has 0 saturated carbocycles. The van der Waals surface area contributed by atoms with Crippen molar-refractivity contribution in [2.45, 2.75) is 45.7 Å². The number of carbonyl (C=O) groups excluding carboxylic acids is 4. The number of nitrogens with one attached hydrogen (secondary N) is 3. The third kappa shape index (κ3) is 4.60. The zero-order chi connectivity index (χ0) is 26.0. The normalized spacial score (nSPS) is 20.2. The number of amides is 4. The Bertz CT molecular complexity index is 1200. The van der Waals surface area contributed by atoms with Gasteiger partial charge >= 0.3 is 0 Å². The van der Waals surface area contributed by atoms with E-state index >= 15 is 0 Å². The summed E-state index contributed by atoms with van der Waals surface area (Å²) in [5.74, 6) is -1.79. The number of nitrogens with zero attached hydrogens (tertiary/aromatic N) is 3. The van der Waals surface area contributed by atoms with Crippen LogP contribution in [0.3, 0.4) is 0 Å². The Hall–Kier alpha value is -3.31. The molecule has 4 amide bonds. The monoisotopic (exact) mass is 512 g/mol. The smallest absolute Gasteiger partial charge is 0.280 e. The SMILES string of the molecule is CC[C@]1(NC(=O)[C@H](C)CNC(=O)c2sc(C(=O)NC)nc2C)C(=O)N2CCCN2Cc2ccccc21. The first kappa shape index (κ1) is 25.8. The predicted molar refractivity (Wildman–Crippen MR) is 135 cm³/mol. The van der Waals surface area contributed by atoms with Crippen LogP contribution >= 0.6 is 11.3 Å². The average Bonchev–Trinajstić information content (AvgIpc) is 3.49. The minimum absolute atomic E-state index is 0.0722. The van der Waals surface area contributed by atoms with E-state index in [1.54, 1.807) is 18.9 Å². The minimum Gasteiger partial charge on any atom is -0.353 e. The van der Waals surface area contributed by atoms with Gasteiger partial charge in [-0.25, -0.2) is 9.99 Å². The van der Waals surface area contributed by atoms with Crippen molar-refractivity contribution in [2.24, 2.45) is 5.92 Å². The van der Waals surface area contributed by atoms with Crippen LogP contribution in [0, 0.1) is 12.8 Å². The third-order valence-electron chi connectivity index (χ3n) is 6.86. The fourth-order valence-electron chi connectivity index (χ4n) is 4.78. The fourth-order valence-corrected chi connectivity index (χ4v) is 5.71. The van der Waals surface area contributed by atoms with Gasteiger partial charge in [-0.2, -0.15) is 0 Å². The molecule has 2 aliphatic heterocycles. The molecule has 3 N–H and O–H groups in total. The second kappa shape index (κ2) is 10.4. The van der Waals surface area contributed by atoms with Crippen LogP contribution in [0.1, 0.15) is 63.0 Å². The van der Waals surface area contributed by atoms with Gasteiger partial charge in [-0.05, 0) is 30.9 Å². The molecule has 11 heteroatoms. The summed E-state index contributed by atoms with van der Waals surface area (Å²) in [5.41, 5.74) is 1.11. The molecule has 1 aromatic heterocycles. The van der Waals surface area contributed by atoms with Crippen LogP contribution in [0.5, 0.6) is 0 Å². The number of hydrogen-bond acceptors (Lipinski definition) is 7. The van der Waals surface area contributed by atoms with E-state index in [9.17, 15) is 19.2 Å². The molecule has 2 aliphatic rings. The van der Waals surface area contributed by atoms with E-state index in [0.29, 0.717) is 30.1 Å². The molecule has 1 fully saturated rings.